The van der Waals surface area contributed by atoms with E-state index < -0.39 is 5.97 Å². The van der Waals surface area contributed by atoms with Crippen LogP contribution in [0.1, 0.15) is 25.7 Å². The van der Waals surface area contributed by atoms with Gasteiger partial charge < -0.3 is 5.11 Å². The molecule has 0 atom stereocenters. The predicted molar refractivity (Wildman–Crippen MR) is 68.4 cm³/mol. The number of rotatable bonds is 3. The van der Waals surface area contributed by atoms with Crippen molar-refractivity contribution in [2.45, 2.75) is 20.4 Å². The molecule has 94 valence electrons. The average molecular weight is 264 g/mol. The van der Waals surface area contributed by atoms with Crippen molar-refractivity contribution in [3.63, 3.8) is 0 Å². The van der Waals surface area contributed by atoms with E-state index in [4.69, 9.17) is 5.11 Å². The van der Waals surface area contributed by atoms with E-state index in [-0.39, 0.29) is 10.4 Å². The molecule has 6 heteroatoms. The van der Waals surface area contributed by atoms with Crippen molar-refractivity contribution in [1.82, 2.24) is 9.78 Å². The second kappa shape index (κ2) is 4.73. The topological polar surface area (TPSA) is 72.2 Å². The van der Waals surface area contributed by atoms with E-state index in [1.54, 1.807) is 19.2 Å². The number of nitrogens with zero attached hydrogens (tertiary/aromatic N) is 2. The molecule has 0 saturated carbocycles. The zero-order valence-corrected chi connectivity index (χ0v) is 10.8. The summed E-state index contributed by atoms with van der Waals surface area (Å²) >= 11 is 1.21. The molecule has 18 heavy (non-hydrogen) atoms. The molecule has 0 fully saturated rings. The lowest BCUT2D eigenvalue weighted by Gasteiger charge is -2.03. The largest absolute Gasteiger partial charge is 0.477 e. The third-order valence-electron chi connectivity index (χ3n) is 2.56. The van der Waals surface area contributed by atoms with Crippen LogP contribution in [-0.4, -0.2) is 20.9 Å². The molecule has 0 aliphatic heterocycles. The number of aromatic carboxylic acids is 1. The maximum absolute atomic E-state index is 11.7. The van der Waals surface area contributed by atoms with Crippen molar-refractivity contribution in [3.05, 3.63) is 49.6 Å². The highest BCUT2D eigenvalue weighted by atomic mass is 32.1. The minimum absolute atomic E-state index is 0.183. The first-order chi connectivity index (χ1) is 8.47. The van der Waals surface area contributed by atoms with Crippen LogP contribution in [0, 0.1) is 13.8 Å². The fourth-order valence-electron chi connectivity index (χ4n) is 1.59. The molecule has 0 aliphatic rings. The quantitative estimate of drug-likeness (QED) is 0.915. The Balaban J connectivity index is 2.34. The Kier molecular flexibility index (Phi) is 3.29. The van der Waals surface area contributed by atoms with Gasteiger partial charge in [-0.1, -0.05) is 0 Å². The highest BCUT2D eigenvalue weighted by Gasteiger charge is 2.12. The molecular formula is C12H12N2O3S. The van der Waals surface area contributed by atoms with Crippen LogP contribution in [0.5, 0.6) is 0 Å². The Bertz CT molecular complexity index is 658. The first-order valence-electron chi connectivity index (χ1n) is 5.34. The molecule has 0 saturated heterocycles. The first-order valence-corrected chi connectivity index (χ1v) is 6.15. The van der Waals surface area contributed by atoms with Crippen LogP contribution in [0.2, 0.25) is 0 Å². The van der Waals surface area contributed by atoms with E-state index in [2.05, 4.69) is 5.10 Å². The minimum atomic E-state index is -0.946. The van der Waals surface area contributed by atoms with Gasteiger partial charge in [-0.25, -0.2) is 9.48 Å². The van der Waals surface area contributed by atoms with Crippen LogP contribution in [0.4, 0.5) is 0 Å². The number of aromatic nitrogens is 2. The Morgan fingerprint density at radius 2 is 2.17 bits per heavy atom. The smallest absolute Gasteiger partial charge is 0.345 e. The fraction of sp³-hybridized carbons (Fsp3) is 0.250. The Labute approximate surface area is 107 Å². The van der Waals surface area contributed by atoms with E-state index in [1.807, 2.05) is 6.92 Å². The molecule has 2 rings (SSSR count). The van der Waals surface area contributed by atoms with Crippen molar-refractivity contribution in [2.75, 3.05) is 0 Å². The van der Waals surface area contributed by atoms with Crippen LogP contribution in [0.15, 0.2) is 23.1 Å². The third kappa shape index (κ3) is 2.48. The maximum atomic E-state index is 11.7. The van der Waals surface area contributed by atoms with Gasteiger partial charge in [-0.3, -0.25) is 4.79 Å². The summed E-state index contributed by atoms with van der Waals surface area (Å²) in [6, 6.07) is 3.10. The minimum Gasteiger partial charge on any atom is -0.477 e. The Morgan fingerprint density at radius 3 is 2.72 bits per heavy atom. The van der Waals surface area contributed by atoms with Crippen LogP contribution in [-0.2, 0) is 6.54 Å². The normalized spacial score (nSPS) is 10.6. The van der Waals surface area contributed by atoms with Gasteiger partial charge in [0.05, 0.1) is 12.7 Å². The van der Waals surface area contributed by atoms with E-state index in [0.29, 0.717) is 6.54 Å². The molecule has 0 unspecified atom stereocenters. The van der Waals surface area contributed by atoms with E-state index in [9.17, 15) is 9.59 Å². The molecule has 2 aromatic heterocycles. The van der Waals surface area contributed by atoms with Crippen LogP contribution in [0.25, 0.3) is 0 Å². The van der Waals surface area contributed by atoms with Crippen molar-refractivity contribution >= 4 is 17.3 Å². The van der Waals surface area contributed by atoms with Gasteiger partial charge in [0.1, 0.15) is 4.88 Å². The summed E-state index contributed by atoms with van der Waals surface area (Å²) in [6.07, 6.45) is 1.61. The number of thiophene rings is 1. The molecule has 0 aromatic carbocycles. The van der Waals surface area contributed by atoms with Gasteiger partial charge in [0.15, 0.2) is 0 Å². The van der Waals surface area contributed by atoms with Gasteiger partial charge in [0.2, 0.25) is 0 Å². The molecular weight excluding hydrogens is 252 g/mol. The second-order valence-electron chi connectivity index (χ2n) is 4.03. The monoisotopic (exact) mass is 264 g/mol. The standard InChI is InChI=1S/C12H12N2O3S/c1-7-3-11(15)14(13-5-7)6-9-4-10(12(16)17)18-8(9)2/h3-5H,6H2,1-2H3,(H,16,17). The molecule has 0 aliphatic carbocycles. The molecule has 2 heterocycles. The zero-order chi connectivity index (χ0) is 13.3. The highest BCUT2D eigenvalue weighted by Crippen LogP contribution is 2.21. The molecule has 0 spiro atoms. The summed E-state index contributed by atoms with van der Waals surface area (Å²) in [5, 5.41) is 12.9. The summed E-state index contributed by atoms with van der Waals surface area (Å²) in [6.45, 7) is 3.94. The molecule has 1 N–H and O–H groups in total. The fourth-order valence-corrected chi connectivity index (χ4v) is 2.46. The molecule has 2 aromatic rings. The molecule has 0 bridgehead atoms. The lowest BCUT2D eigenvalue weighted by atomic mass is 10.2. The first kappa shape index (κ1) is 12.5. The van der Waals surface area contributed by atoms with E-state index in [0.717, 1.165) is 16.0 Å². The molecule has 5 nitrogen and oxygen atoms in total. The van der Waals surface area contributed by atoms with Crippen molar-refractivity contribution in [2.24, 2.45) is 0 Å². The molecule has 0 radical (unpaired) electrons. The van der Waals surface area contributed by atoms with Crippen molar-refractivity contribution in [3.8, 4) is 0 Å². The van der Waals surface area contributed by atoms with Gasteiger partial charge in [-0.15, -0.1) is 11.3 Å². The van der Waals surface area contributed by atoms with Crippen LogP contribution >= 0.6 is 11.3 Å². The maximum Gasteiger partial charge on any atom is 0.345 e. The SMILES string of the molecule is Cc1cnn(Cc2cc(C(=O)O)sc2C)c(=O)c1. The Morgan fingerprint density at radius 1 is 1.44 bits per heavy atom. The van der Waals surface area contributed by atoms with Gasteiger partial charge >= 0.3 is 5.97 Å². The van der Waals surface area contributed by atoms with Crippen LogP contribution in [0.3, 0.4) is 0 Å². The predicted octanol–water partition coefficient (Wildman–Crippen LogP) is 1.67. The lowest BCUT2D eigenvalue weighted by molar-refractivity contribution is 0.0702. The number of hydrogen-bond acceptors (Lipinski definition) is 4. The number of aryl methyl sites for hydroxylation is 2. The van der Waals surface area contributed by atoms with Gasteiger partial charge in [-0.2, -0.15) is 5.10 Å². The van der Waals surface area contributed by atoms with Gasteiger partial charge in [-0.05, 0) is 31.0 Å². The number of carbonyl (C=O) groups is 1. The Hall–Kier alpha value is -1.95. The zero-order valence-electron chi connectivity index (χ0n) is 10.0. The summed E-state index contributed by atoms with van der Waals surface area (Å²) < 4.78 is 1.33. The van der Waals surface area contributed by atoms with Crippen LogP contribution < -0.4 is 5.56 Å². The number of hydrogen-bond donors (Lipinski definition) is 1. The number of carboxylic acids is 1. The third-order valence-corrected chi connectivity index (χ3v) is 3.64. The highest BCUT2D eigenvalue weighted by molar-refractivity contribution is 7.14. The van der Waals surface area contributed by atoms with Gasteiger partial charge in [0.25, 0.3) is 5.56 Å². The van der Waals surface area contributed by atoms with E-state index >= 15 is 0 Å². The average Bonchev–Trinajstić information content (AvgIpc) is 2.64. The van der Waals surface area contributed by atoms with Crippen molar-refractivity contribution in [1.29, 1.82) is 0 Å². The summed E-state index contributed by atoms with van der Waals surface area (Å²) in [7, 11) is 0. The summed E-state index contributed by atoms with van der Waals surface area (Å²) in [4.78, 5) is 23.7. The second-order valence-corrected chi connectivity index (χ2v) is 5.28. The lowest BCUT2D eigenvalue weighted by Crippen LogP contribution is -2.22. The number of carboxylic acid groups (broad SMARTS) is 1. The summed E-state index contributed by atoms with van der Waals surface area (Å²) in [5.41, 5.74) is 1.44. The molecule has 0 amide bonds. The van der Waals surface area contributed by atoms with Gasteiger partial charge in [0, 0.05) is 10.9 Å². The summed E-state index contributed by atoms with van der Waals surface area (Å²) in [5.74, 6) is -0.946. The van der Waals surface area contributed by atoms with Crippen molar-refractivity contribution < 1.29 is 9.90 Å². The van der Waals surface area contributed by atoms with E-state index in [1.165, 1.54) is 22.1 Å².